The van der Waals surface area contributed by atoms with Gasteiger partial charge in [-0.2, -0.15) is 0 Å². The van der Waals surface area contributed by atoms with Crippen molar-refractivity contribution in [1.82, 2.24) is 4.90 Å². The second-order valence-corrected chi connectivity index (χ2v) is 5.97. The van der Waals surface area contributed by atoms with Crippen LogP contribution in [0.5, 0.6) is 0 Å². The number of esters is 1. The summed E-state index contributed by atoms with van der Waals surface area (Å²) in [5.41, 5.74) is 0.642. The van der Waals surface area contributed by atoms with Crippen LogP contribution in [0.15, 0.2) is 22.7 Å². The minimum atomic E-state index is -0.600. The first-order chi connectivity index (χ1) is 9.95. The summed E-state index contributed by atoms with van der Waals surface area (Å²) in [4.78, 5) is 27.3. The first-order valence-electron chi connectivity index (χ1n) is 6.65. The molecule has 21 heavy (non-hydrogen) atoms. The average Bonchev–Trinajstić information content (AvgIpc) is 2.80. The van der Waals surface area contributed by atoms with Crippen LogP contribution < -0.4 is 4.90 Å². The van der Waals surface area contributed by atoms with Crippen molar-refractivity contribution in [1.29, 1.82) is 0 Å². The van der Waals surface area contributed by atoms with Crippen molar-refractivity contribution >= 4 is 45.2 Å². The minimum Gasteiger partial charge on any atom is -0.464 e. The number of rotatable bonds is 4. The molecule has 1 aliphatic heterocycles. The van der Waals surface area contributed by atoms with Gasteiger partial charge in [-0.05, 0) is 32.0 Å². The number of carbonyl (C=O) groups is 2. The van der Waals surface area contributed by atoms with Gasteiger partial charge in [-0.15, -0.1) is 0 Å². The van der Waals surface area contributed by atoms with E-state index in [1.807, 2.05) is 6.07 Å². The molecule has 0 aromatic heterocycles. The maximum absolute atomic E-state index is 12.5. The molecule has 1 saturated heterocycles. The predicted octanol–water partition coefficient (Wildman–Crippen LogP) is 3.30. The SMILES string of the molecule is CCOC(=O)C(C)N1CCN(c2ccc(Br)cc2Cl)C1=O. The van der Waals surface area contributed by atoms with Crippen LogP contribution in [0.4, 0.5) is 10.5 Å². The highest BCUT2D eigenvalue weighted by Gasteiger charge is 2.36. The Labute approximate surface area is 136 Å². The van der Waals surface area contributed by atoms with Gasteiger partial charge in [0.25, 0.3) is 0 Å². The molecule has 0 spiro atoms. The molecule has 0 aliphatic carbocycles. The molecule has 7 heteroatoms. The third-order valence-electron chi connectivity index (χ3n) is 3.34. The summed E-state index contributed by atoms with van der Waals surface area (Å²) >= 11 is 9.51. The monoisotopic (exact) mass is 374 g/mol. The molecule has 0 N–H and O–H groups in total. The van der Waals surface area contributed by atoms with Crippen molar-refractivity contribution in [2.45, 2.75) is 19.9 Å². The number of nitrogens with zero attached hydrogens (tertiary/aromatic N) is 2. The Kier molecular flexibility index (Phi) is 5.11. The van der Waals surface area contributed by atoms with Crippen LogP contribution in [0.2, 0.25) is 5.02 Å². The molecule has 0 saturated carbocycles. The lowest BCUT2D eigenvalue weighted by molar-refractivity contribution is -0.147. The van der Waals surface area contributed by atoms with Gasteiger partial charge in [-0.3, -0.25) is 4.90 Å². The average molecular weight is 376 g/mol. The van der Waals surface area contributed by atoms with E-state index in [0.29, 0.717) is 30.4 Å². The minimum absolute atomic E-state index is 0.236. The molecule has 5 nitrogen and oxygen atoms in total. The standard InChI is InChI=1S/C14H16BrClN2O3/c1-3-21-13(19)9(2)17-6-7-18(14(17)20)12-5-4-10(15)8-11(12)16/h4-5,8-9H,3,6-7H2,1-2H3. The summed E-state index contributed by atoms with van der Waals surface area (Å²) in [5.74, 6) is -0.394. The maximum atomic E-state index is 12.5. The fraction of sp³-hybridized carbons (Fsp3) is 0.429. The van der Waals surface area contributed by atoms with Crippen molar-refractivity contribution < 1.29 is 14.3 Å². The molecule has 0 bridgehead atoms. The Bertz CT molecular complexity index is 567. The number of ether oxygens (including phenoxy) is 1. The molecule has 0 radical (unpaired) electrons. The third kappa shape index (κ3) is 3.32. The van der Waals surface area contributed by atoms with E-state index in [1.54, 1.807) is 30.9 Å². The molecule has 1 aromatic rings. The topological polar surface area (TPSA) is 49.9 Å². The zero-order valence-electron chi connectivity index (χ0n) is 11.8. The van der Waals surface area contributed by atoms with Gasteiger partial charge in [-0.1, -0.05) is 27.5 Å². The molecule has 2 rings (SSSR count). The van der Waals surface area contributed by atoms with E-state index in [2.05, 4.69) is 15.9 Å². The first-order valence-corrected chi connectivity index (χ1v) is 7.82. The van der Waals surface area contributed by atoms with Gasteiger partial charge in [0.2, 0.25) is 0 Å². The summed E-state index contributed by atoms with van der Waals surface area (Å²) in [5, 5.41) is 0.489. The van der Waals surface area contributed by atoms with E-state index in [1.165, 1.54) is 4.90 Å². The van der Waals surface area contributed by atoms with E-state index >= 15 is 0 Å². The van der Waals surface area contributed by atoms with E-state index in [0.717, 1.165) is 4.47 Å². The van der Waals surface area contributed by atoms with Crippen molar-refractivity contribution in [3.8, 4) is 0 Å². The highest BCUT2D eigenvalue weighted by molar-refractivity contribution is 9.10. The van der Waals surface area contributed by atoms with Crippen LogP contribution in [0.3, 0.4) is 0 Å². The number of halogens is 2. The highest BCUT2D eigenvalue weighted by atomic mass is 79.9. The Balaban J connectivity index is 2.16. The summed E-state index contributed by atoms with van der Waals surface area (Å²) in [6, 6.07) is 4.51. The van der Waals surface area contributed by atoms with Gasteiger partial charge < -0.3 is 9.64 Å². The number of hydrogen-bond donors (Lipinski definition) is 0. The Hall–Kier alpha value is -1.27. The van der Waals surface area contributed by atoms with Crippen LogP contribution in [-0.4, -0.2) is 42.6 Å². The Morgan fingerprint density at radius 3 is 2.81 bits per heavy atom. The fourth-order valence-corrected chi connectivity index (χ4v) is 3.00. The van der Waals surface area contributed by atoms with Crippen molar-refractivity contribution in [3.63, 3.8) is 0 Å². The second kappa shape index (κ2) is 6.66. The van der Waals surface area contributed by atoms with Crippen molar-refractivity contribution in [2.75, 3.05) is 24.6 Å². The molecule has 1 fully saturated rings. The van der Waals surface area contributed by atoms with Crippen molar-refractivity contribution in [2.24, 2.45) is 0 Å². The van der Waals surface area contributed by atoms with E-state index in [4.69, 9.17) is 16.3 Å². The van der Waals surface area contributed by atoms with Gasteiger partial charge in [0, 0.05) is 17.6 Å². The van der Waals surface area contributed by atoms with Gasteiger partial charge in [0.1, 0.15) is 6.04 Å². The lowest BCUT2D eigenvalue weighted by Gasteiger charge is -2.23. The van der Waals surface area contributed by atoms with Crippen LogP contribution in [0.1, 0.15) is 13.8 Å². The number of anilines is 1. The van der Waals surface area contributed by atoms with Gasteiger partial charge in [-0.25, -0.2) is 9.59 Å². The zero-order chi connectivity index (χ0) is 15.6. The third-order valence-corrected chi connectivity index (χ3v) is 4.13. The Morgan fingerprint density at radius 2 is 2.19 bits per heavy atom. The maximum Gasteiger partial charge on any atom is 0.328 e. The van der Waals surface area contributed by atoms with E-state index in [-0.39, 0.29) is 6.03 Å². The molecule has 1 aliphatic rings. The molecule has 1 unspecified atom stereocenters. The molecule has 1 heterocycles. The summed E-state index contributed by atoms with van der Waals surface area (Å²) in [6.07, 6.45) is 0. The molecule has 2 amide bonds. The molecule has 1 atom stereocenters. The van der Waals surface area contributed by atoms with Gasteiger partial charge >= 0.3 is 12.0 Å². The largest absolute Gasteiger partial charge is 0.464 e. The normalized spacial score (nSPS) is 16.3. The van der Waals surface area contributed by atoms with Gasteiger partial charge in [0.05, 0.1) is 17.3 Å². The summed E-state index contributed by atoms with van der Waals surface area (Å²) < 4.78 is 5.81. The number of urea groups is 1. The number of carbonyl (C=O) groups excluding carboxylic acids is 2. The smallest absolute Gasteiger partial charge is 0.328 e. The summed E-state index contributed by atoms with van der Waals surface area (Å²) in [7, 11) is 0. The van der Waals surface area contributed by atoms with Crippen LogP contribution in [-0.2, 0) is 9.53 Å². The number of benzene rings is 1. The lowest BCUT2D eigenvalue weighted by Crippen LogP contribution is -2.43. The zero-order valence-corrected chi connectivity index (χ0v) is 14.1. The summed E-state index contributed by atoms with van der Waals surface area (Å²) in [6.45, 7) is 4.66. The number of hydrogen-bond acceptors (Lipinski definition) is 3. The molecule has 114 valence electrons. The molecule has 1 aromatic carbocycles. The Morgan fingerprint density at radius 1 is 1.48 bits per heavy atom. The molecular weight excluding hydrogens is 360 g/mol. The van der Waals surface area contributed by atoms with Crippen LogP contribution in [0, 0.1) is 0 Å². The predicted molar refractivity (Wildman–Crippen MR) is 84.7 cm³/mol. The quantitative estimate of drug-likeness (QED) is 0.759. The first kappa shape index (κ1) is 16.1. The lowest BCUT2D eigenvalue weighted by atomic mass is 10.3. The fourth-order valence-electron chi connectivity index (χ4n) is 2.23. The number of amides is 2. The van der Waals surface area contributed by atoms with E-state index < -0.39 is 12.0 Å². The van der Waals surface area contributed by atoms with Crippen molar-refractivity contribution in [3.05, 3.63) is 27.7 Å². The highest BCUT2D eigenvalue weighted by Crippen LogP contribution is 2.31. The van der Waals surface area contributed by atoms with E-state index in [9.17, 15) is 9.59 Å². The molecular formula is C14H16BrClN2O3. The van der Waals surface area contributed by atoms with Crippen LogP contribution >= 0.6 is 27.5 Å². The van der Waals surface area contributed by atoms with Crippen LogP contribution in [0.25, 0.3) is 0 Å². The van der Waals surface area contributed by atoms with Gasteiger partial charge in [0.15, 0.2) is 0 Å². The second-order valence-electron chi connectivity index (χ2n) is 4.65.